The molecule has 1 unspecified atom stereocenters. The molecule has 1 saturated heterocycles. The minimum Gasteiger partial charge on any atom is -0.480 e. The Morgan fingerprint density at radius 3 is 2.38 bits per heavy atom. The summed E-state index contributed by atoms with van der Waals surface area (Å²) in [5.41, 5.74) is -1.32. The fourth-order valence-electron chi connectivity index (χ4n) is 2.18. The lowest BCUT2D eigenvalue weighted by Crippen LogP contribution is -2.61. The van der Waals surface area contributed by atoms with Crippen molar-refractivity contribution in [2.45, 2.75) is 50.2 Å². The van der Waals surface area contributed by atoms with Crippen LogP contribution in [0.15, 0.2) is 0 Å². The van der Waals surface area contributed by atoms with E-state index in [0.29, 0.717) is 0 Å². The van der Waals surface area contributed by atoms with Crippen molar-refractivity contribution >= 4 is 17.9 Å². The number of hydrogen-bond acceptors (Lipinski definition) is 4. The SMILES string of the molecule is CC(NC(=O)NC1(C(=O)O)CCOCC1)C(=O)NC1CC1. The molecule has 3 amide bonds. The van der Waals surface area contributed by atoms with Crippen LogP contribution >= 0.6 is 0 Å². The molecule has 8 nitrogen and oxygen atoms in total. The van der Waals surface area contributed by atoms with Crippen molar-refractivity contribution in [1.82, 2.24) is 16.0 Å². The number of carbonyl (C=O) groups excluding carboxylic acids is 2. The molecule has 1 saturated carbocycles. The number of ether oxygens (including phenoxy) is 1. The molecule has 2 aliphatic rings. The van der Waals surface area contributed by atoms with Gasteiger partial charge in [0.15, 0.2) is 0 Å². The fourth-order valence-corrected chi connectivity index (χ4v) is 2.18. The Morgan fingerprint density at radius 1 is 1.24 bits per heavy atom. The monoisotopic (exact) mass is 299 g/mol. The summed E-state index contributed by atoms with van der Waals surface area (Å²) in [4.78, 5) is 35.1. The molecule has 0 aromatic carbocycles. The van der Waals surface area contributed by atoms with Gasteiger partial charge in [-0.1, -0.05) is 0 Å². The van der Waals surface area contributed by atoms with Crippen molar-refractivity contribution in [1.29, 1.82) is 0 Å². The van der Waals surface area contributed by atoms with Gasteiger partial charge in [-0.2, -0.15) is 0 Å². The first-order valence-corrected chi connectivity index (χ1v) is 7.13. The van der Waals surface area contributed by atoms with Gasteiger partial charge in [-0.3, -0.25) is 4.79 Å². The average Bonchev–Trinajstić information content (AvgIpc) is 3.23. The number of carboxylic acids is 1. The molecule has 1 aliphatic carbocycles. The van der Waals surface area contributed by atoms with E-state index in [1.807, 2.05) is 0 Å². The Morgan fingerprint density at radius 2 is 1.86 bits per heavy atom. The predicted molar refractivity (Wildman–Crippen MR) is 72.7 cm³/mol. The van der Waals surface area contributed by atoms with Gasteiger partial charge in [-0.15, -0.1) is 0 Å². The standard InChI is InChI=1S/C13H21N3O5/c1-8(10(17)15-9-2-3-9)14-12(20)16-13(11(18)19)4-6-21-7-5-13/h8-9H,2-7H2,1H3,(H,15,17)(H,18,19)(H2,14,16,20). The van der Waals surface area contributed by atoms with Crippen LogP contribution in [0.1, 0.15) is 32.6 Å². The highest BCUT2D eigenvalue weighted by atomic mass is 16.5. The van der Waals surface area contributed by atoms with Crippen LogP contribution in [0.5, 0.6) is 0 Å². The first-order chi connectivity index (χ1) is 9.93. The molecule has 1 heterocycles. The first kappa shape index (κ1) is 15.6. The summed E-state index contributed by atoms with van der Waals surface area (Å²) in [6.45, 7) is 2.13. The summed E-state index contributed by atoms with van der Waals surface area (Å²) < 4.78 is 5.13. The number of aliphatic carboxylic acids is 1. The Bertz CT molecular complexity index is 430. The summed E-state index contributed by atoms with van der Waals surface area (Å²) >= 11 is 0. The van der Waals surface area contributed by atoms with Crippen LogP contribution in [0.4, 0.5) is 4.79 Å². The number of hydrogen-bond donors (Lipinski definition) is 4. The fraction of sp³-hybridized carbons (Fsp3) is 0.769. The van der Waals surface area contributed by atoms with Crippen molar-refractivity contribution in [2.75, 3.05) is 13.2 Å². The Balaban J connectivity index is 1.86. The van der Waals surface area contributed by atoms with Gasteiger partial charge in [-0.05, 0) is 19.8 Å². The lowest BCUT2D eigenvalue weighted by atomic mass is 9.90. The van der Waals surface area contributed by atoms with Crippen molar-refractivity contribution < 1.29 is 24.2 Å². The predicted octanol–water partition coefficient (Wildman–Crippen LogP) is -0.413. The first-order valence-electron chi connectivity index (χ1n) is 7.13. The number of rotatable bonds is 5. The second kappa shape index (κ2) is 6.30. The molecule has 2 fully saturated rings. The second-order valence-corrected chi connectivity index (χ2v) is 5.60. The van der Waals surface area contributed by atoms with Gasteiger partial charge in [0.1, 0.15) is 11.6 Å². The summed E-state index contributed by atoms with van der Waals surface area (Å²) in [6.07, 6.45) is 2.34. The van der Waals surface area contributed by atoms with Crippen LogP contribution in [-0.4, -0.2) is 53.9 Å². The van der Waals surface area contributed by atoms with Crippen LogP contribution in [0.2, 0.25) is 0 Å². The molecule has 0 spiro atoms. The molecule has 0 bridgehead atoms. The summed E-state index contributed by atoms with van der Waals surface area (Å²) in [5, 5.41) is 17.1. The molecule has 1 atom stereocenters. The molecule has 0 radical (unpaired) electrons. The third kappa shape index (κ3) is 4.07. The summed E-state index contributed by atoms with van der Waals surface area (Å²) in [5.74, 6) is -1.35. The molecule has 4 N–H and O–H groups in total. The van der Waals surface area contributed by atoms with Gasteiger partial charge in [-0.25, -0.2) is 9.59 Å². The van der Waals surface area contributed by atoms with Gasteiger partial charge in [0.2, 0.25) is 5.91 Å². The quantitative estimate of drug-likeness (QED) is 0.550. The number of carbonyl (C=O) groups is 3. The van der Waals surface area contributed by atoms with Gasteiger partial charge in [0.25, 0.3) is 0 Å². The minimum atomic E-state index is -1.32. The van der Waals surface area contributed by atoms with Crippen molar-refractivity contribution in [3.8, 4) is 0 Å². The van der Waals surface area contributed by atoms with Crippen molar-refractivity contribution in [3.05, 3.63) is 0 Å². The maximum atomic E-state index is 11.9. The highest BCUT2D eigenvalue weighted by molar-refractivity contribution is 5.90. The van der Waals surface area contributed by atoms with E-state index in [0.717, 1.165) is 12.8 Å². The molecule has 118 valence electrons. The Kier molecular flexibility index (Phi) is 4.66. The Hall–Kier alpha value is -1.83. The zero-order chi connectivity index (χ0) is 15.5. The van der Waals surface area contributed by atoms with Gasteiger partial charge >= 0.3 is 12.0 Å². The lowest BCUT2D eigenvalue weighted by molar-refractivity contribution is -0.148. The van der Waals surface area contributed by atoms with E-state index >= 15 is 0 Å². The van der Waals surface area contributed by atoms with E-state index in [2.05, 4.69) is 16.0 Å². The normalized spacial score (nSPS) is 22.0. The van der Waals surface area contributed by atoms with E-state index in [-0.39, 0.29) is 38.0 Å². The molecule has 0 aromatic rings. The minimum absolute atomic E-state index is 0.207. The number of amides is 3. The zero-order valence-electron chi connectivity index (χ0n) is 12.0. The third-order valence-corrected chi connectivity index (χ3v) is 3.77. The molecular weight excluding hydrogens is 278 g/mol. The zero-order valence-corrected chi connectivity index (χ0v) is 12.0. The van der Waals surface area contributed by atoms with Crippen molar-refractivity contribution in [3.63, 3.8) is 0 Å². The highest BCUT2D eigenvalue weighted by Gasteiger charge is 2.42. The lowest BCUT2D eigenvalue weighted by Gasteiger charge is -2.34. The van der Waals surface area contributed by atoms with E-state index < -0.39 is 23.6 Å². The number of urea groups is 1. The van der Waals surface area contributed by atoms with E-state index in [1.165, 1.54) is 0 Å². The number of nitrogens with one attached hydrogen (secondary N) is 3. The maximum absolute atomic E-state index is 11.9. The third-order valence-electron chi connectivity index (χ3n) is 3.77. The highest BCUT2D eigenvalue weighted by Crippen LogP contribution is 2.21. The molecule has 0 aromatic heterocycles. The molecule has 1 aliphatic heterocycles. The van der Waals surface area contributed by atoms with Crippen LogP contribution in [0, 0.1) is 0 Å². The van der Waals surface area contributed by atoms with E-state index in [9.17, 15) is 19.5 Å². The summed E-state index contributed by atoms with van der Waals surface area (Å²) in [6, 6.07) is -1.15. The average molecular weight is 299 g/mol. The van der Waals surface area contributed by atoms with Gasteiger partial charge in [0, 0.05) is 32.1 Å². The Labute approximate surface area is 122 Å². The maximum Gasteiger partial charge on any atom is 0.329 e. The van der Waals surface area contributed by atoms with Crippen LogP contribution in [0.25, 0.3) is 0 Å². The van der Waals surface area contributed by atoms with E-state index in [1.54, 1.807) is 6.92 Å². The molecule has 21 heavy (non-hydrogen) atoms. The molecule has 8 heteroatoms. The van der Waals surface area contributed by atoms with E-state index in [4.69, 9.17) is 4.74 Å². The molecule has 2 rings (SSSR count). The van der Waals surface area contributed by atoms with Crippen LogP contribution < -0.4 is 16.0 Å². The van der Waals surface area contributed by atoms with Crippen LogP contribution in [-0.2, 0) is 14.3 Å². The smallest absolute Gasteiger partial charge is 0.329 e. The topological polar surface area (TPSA) is 117 Å². The van der Waals surface area contributed by atoms with Gasteiger partial charge < -0.3 is 25.8 Å². The summed E-state index contributed by atoms with van der Waals surface area (Å²) in [7, 11) is 0. The van der Waals surface area contributed by atoms with Crippen LogP contribution in [0.3, 0.4) is 0 Å². The largest absolute Gasteiger partial charge is 0.480 e. The molecular formula is C13H21N3O5. The number of carboxylic acid groups (broad SMARTS) is 1. The second-order valence-electron chi connectivity index (χ2n) is 5.60. The van der Waals surface area contributed by atoms with Gasteiger partial charge in [0.05, 0.1) is 0 Å². The van der Waals surface area contributed by atoms with Crippen molar-refractivity contribution in [2.24, 2.45) is 0 Å².